The van der Waals surface area contributed by atoms with Crippen molar-refractivity contribution in [3.63, 3.8) is 0 Å². The number of β-lactam (4-membered cyclic amide) rings is 2. The number of nitrogens with zero attached hydrogens (tertiary/aromatic N) is 4. The van der Waals surface area contributed by atoms with Crippen LogP contribution in [0.15, 0.2) is 155 Å². The molecule has 2 fully saturated rings. The number of ketones is 2. The molecule has 4 aliphatic rings. The molecule has 6 atom stereocenters. The maximum Gasteiger partial charge on any atom is 0.353 e. The third-order valence-corrected chi connectivity index (χ3v) is 20.6. The van der Waals surface area contributed by atoms with E-state index in [9.17, 15) is 106 Å². The molecule has 0 aromatic heterocycles. The fraction of sp³-hybridized carbons (Fsp3) is 0.330. The molecule has 668 valence electrons. The summed E-state index contributed by atoms with van der Waals surface area (Å²) in [5.74, 6) is -19.7. The zero-order valence-electron chi connectivity index (χ0n) is 69.5. The number of Topliss-reactive ketones (excluding diaryl/α,β-unsaturated/α-hetero) is 2. The molecule has 8 amide bonds. The number of fused-ring (bicyclic) bond motifs is 2. The lowest BCUT2D eigenvalue weighted by Crippen LogP contribution is -2.71. The van der Waals surface area contributed by atoms with Crippen LogP contribution in [0.5, 0.6) is 46.0 Å². The predicted octanol–water partition coefficient (Wildman–Crippen LogP) is 7.40. The normalized spacial score (nSPS) is 15.7. The number of esters is 7. The molecule has 2 saturated heterocycles. The highest BCUT2D eigenvalue weighted by atomic mass is 35.5. The molecule has 10 rings (SSSR count). The quantitative estimate of drug-likeness (QED) is 0.00864. The molecule has 37 nitrogen and oxygen atoms in total. The highest BCUT2D eigenvalue weighted by Gasteiger charge is 2.55. The van der Waals surface area contributed by atoms with Gasteiger partial charge in [0.1, 0.15) is 23.5 Å². The number of unbranched alkanes of at least 4 members (excludes halogenated alkanes) is 2. The summed E-state index contributed by atoms with van der Waals surface area (Å²) >= 11 is 12.2. The van der Waals surface area contributed by atoms with Crippen LogP contribution >= 0.6 is 23.2 Å². The van der Waals surface area contributed by atoms with Gasteiger partial charge in [0.2, 0.25) is 11.8 Å². The number of phenolic OH excluding ortho intramolecular Hbond substituents is 1. The van der Waals surface area contributed by atoms with Crippen LogP contribution in [0.25, 0.3) is 0 Å². The number of aromatic hydroxyl groups is 1. The monoisotopic (exact) mass is 1790 g/mol. The molecule has 0 bridgehead atoms. The number of aliphatic carboxylic acids is 2. The SMILES string of the molecule is CC(=O)Oc1cccc(C(=O)N(CCCCNC(=O)c2cccc(OC(C)=O)c2OC(C)=O)CC(=O)C[C@H](C(=O)N[C@@H]2C(=O)N3C(C(=O)O)=C(Cl)CC[C@H]23)c2ccccc2)c1O.CC(=O)Oc1cccc(C(=O)NCCCCN(CC(=O)C[C@H](C(=O)N[C@@H]2C(=O)N3C(C(=O)O)=C(Cl)CC[C@H]23)c2ccccc2)C(=O)c2cccc(OC(C)=O)c2OC(C)=O)c1OC(C)=O. The van der Waals surface area contributed by atoms with E-state index in [0.29, 0.717) is 17.5 Å². The van der Waals surface area contributed by atoms with Crippen LogP contribution in [0.1, 0.15) is 177 Å². The average molecular weight is 1790 g/mol. The number of hydrogen-bond acceptors (Lipinski definition) is 27. The molecule has 39 heteroatoms. The van der Waals surface area contributed by atoms with Crippen LogP contribution < -0.4 is 54.4 Å². The van der Waals surface area contributed by atoms with Gasteiger partial charge in [-0.15, -0.1) is 0 Å². The topological polar surface area (TPSA) is 511 Å². The zero-order valence-corrected chi connectivity index (χ0v) is 71.0. The molecule has 4 heterocycles. The molecule has 4 aliphatic heterocycles. The van der Waals surface area contributed by atoms with E-state index in [2.05, 4.69) is 21.3 Å². The molecular formula is C88H88Cl2N8O29. The minimum absolute atomic E-state index is 0.0112. The fourth-order valence-corrected chi connectivity index (χ4v) is 15.0. The van der Waals surface area contributed by atoms with Crippen molar-refractivity contribution < 1.29 is 140 Å². The Morgan fingerprint density at radius 3 is 1.07 bits per heavy atom. The highest BCUT2D eigenvalue weighted by molar-refractivity contribution is 6.32. The summed E-state index contributed by atoms with van der Waals surface area (Å²) in [4.78, 5) is 248. The van der Waals surface area contributed by atoms with Gasteiger partial charge in [0.05, 0.1) is 59.3 Å². The van der Waals surface area contributed by atoms with Gasteiger partial charge in [0, 0.05) is 97.6 Å². The number of allylic oxidation sites excluding steroid dienone is 2. The first-order valence-electron chi connectivity index (χ1n) is 39.6. The van der Waals surface area contributed by atoms with Crippen molar-refractivity contribution >= 4 is 136 Å². The van der Waals surface area contributed by atoms with E-state index in [0.717, 1.165) is 68.1 Å². The van der Waals surface area contributed by atoms with E-state index < -0.39 is 180 Å². The number of rotatable bonds is 37. The van der Waals surface area contributed by atoms with Crippen LogP contribution in [-0.4, -0.2) is 211 Å². The predicted molar refractivity (Wildman–Crippen MR) is 444 cm³/mol. The van der Waals surface area contributed by atoms with Crippen molar-refractivity contribution in [2.24, 2.45) is 0 Å². The minimum atomic E-state index is -1.38. The van der Waals surface area contributed by atoms with E-state index in [1.165, 1.54) is 72.8 Å². The summed E-state index contributed by atoms with van der Waals surface area (Å²) in [6.07, 6.45) is 0.851. The summed E-state index contributed by atoms with van der Waals surface area (Å²) in [5, 5.41) is 41.0. The maximum absolute atomic E-state index is 14.4. The summed E-state index contributed by atoms with van der Waals surface area (Å²) in [6.45, 7) is 6.46. The lowest BCUT2D eigenvalue weighted by molar-refractivity contribution is -0.156. The van der Waals surface area contributed by atoms with Gasteiger partial charge in [-0.25, -0.2) is 9.59 Å². The van der Waals surface area contributed by atoms with Gasteiger partial charge in [-0.1, -0.05) is 108 Å². The highest BCUT2D eigenvalue weighted by Crippen LogP contribution is 2.42. The van der Waals surface area contributed by atoms with E-state index in [1.807, 2.05) is 0 Å². The van der Waals surface area contributed by atoms with Crippen LogP contribution in [0.4, 0.5) is 0 Å². The second-order valence-corrected chi connectivity index (χ2v) is 30.1. The Balaban J connectivity index is 0.000000287. The zero-order chi connectivity index (χ0) is 92.8. The molecular weight excluding hydrogens is 1700 g/mol. The van der Waals surface area contributed by atoms with Crippen molar-refractivity contribution in [1.29, 1.82) is 0 Å². The first kappa shape index (κ1) is 96.3. The molecule has 0 spiro atoms. The van der Waals surface area contributed by atoms with Crippen molar-refractivity contribution in [3.05, 3.63) is 188 Å². The Morgan fingerprint density at radius 1 is 0.409 bits per heavy atom. The van der Waals surface area contributed by atoms with Gasteiger partial charge in [0.25, 0.3) is 35.4 Å². The Morgan fingerprint density at radius 2 is 0.724 bits per heavy atom. The van der Waals surface area contributed by atoms with Crippen LogP contribution in [-0.2, 0) is 71.9 Å². The number of phenols is 1. The van der Waals surface area contributed by atoms with Gasteiger partial charge >= 0.3 is 53.7 Å². The number of halogens is 2. The molecule has 127 heavy (non-hydrogen) atoms. The van der Waals surface area contributed by atoms with Crippen LogP contribution in [0.3, 0.4) is 0 Å². The van der Waals surface area contributed by atoms with E-state index >= 15 is 0 Å². The summed E-state index contributed by atoms with van der Waals surface area (Å²) < 4.78 is 36.1. The molecule has 0 radical (unpaired) electrons. The third-order valence-electron chi connectivity index (χ3n) is 19.9. The fourth-order valence-electron chi connectivity index (χ4n) is 14.4. The van der Waals surface area contributed by atoms with E-state index in [4.69, 9.17) is 56.4 Å². The number of benzene rings is 6. The largest absolute Gasteiger partial charge is 0.504 e. The van der Waals surface area contributed by atoms with Gasteiger partial charge in [-0.2, -0.15) is 0 Å². The summed E-state index contributed by atoms with van der Waals surface area (Å²) in [7, 11) is 0. The minimum Gasteiger partial charge on any atom is -0.504 e. The molecule has 6 aromatic carbocycles. The number of amides is 8. The molecule has 6 aromatic rings. The third kappa shape index (κ3) is 25.0. The lowest BCUT2D eigenvalue weighted by Gasteiger charge is -2.49. The standard InChI is InChI=1S/C45H45ClN4O15.C43H43ClN4O14/c1-24(51)62-35-16-10-14-30(39(35)64-26(3)53)41(56)47-20-8-9-21-49(43(58)31-15-11-17-36(63-25(2)52)40(31)65-27(4)54)23-29(55)22-32(28-12-6-5-7-13-28)42(57)48-37-34-19-18-33(46)38(45(60)61)50(34)44(37)59;1-23(49)60-33-15-9-13-28(37(33)53)41(56)47(20-8-7-19-45-39(54)29-14-10-16-34(61-24(2)50)38(29)62-25(3)51)22-27(52)21-30(26-11-5-4-6-12-26)40(55)46-35-32-18-17-31(44)36(43(58)59)48(32)42(35)57/h5-7,10-17,32,34,37H,8-9,18-23H2,1-4H3,(H,47,56)(H,48,57)(H,60,61);4-6,9-16,30,32,35,53H,7-8,17-22H2,1-3H3,(H,45,54)(H,46,55)(H,58,59)/t32-,34+,37-;30-,32+,35-/m00/s1. The van der Waals surface area contributed by atoms with Crippen LogP contribution in [0.2, 0.25) is 0 Å². The summed E-state index contributed by atoms with van der Waals surface area (Å²) in [5.41, 5.74) is -0.579. The number of carbonyl (C=O) groups is 19. The van der Waals surface area contributed by atoms with Gasteiger partial charge in [0.15, 0.2) is 57.6 Å². The lowest BCUT2D eigenvalue weighted by atomic mass is 9.85. The number of carboxylic acids is 2. The first-order valence-corrected chi connectivity index (χ1v) is 40.4. The number of para-hydroxylation sites is 4. The number of carboxylic acid groups (broad SMARTS) is 2. The number of carbonyl (C=O) groups excluding carboxylic acids is 17. The van der Waals surface area contributed by atoms with E-state index in [-0.39, 0.29) is 155 Å². The smallest absolute Gasteiger partial charge is 0.353 e. The Kier molecular flexibility index (Phi) is 33.5. The Hall–Kier alpha value is -14.5. The second kappa shape index (κ2) is 44.2. The average Bonchev–Trinajstić information content (AvgIpc) is 0.736. The van der Waals surface area contributed by atoms with E-state index in [1.54, 1.807) is 60.7 Å². The van der Waals surface area contributed by atoms with Crippen molar-refractivity contribution in [1.82, 2.24) is 40.9 Å². The van der Waals surface area contributed by atoms with Crippen molar-refractivity contribution in [2.75, 3.05) is 39.3 Å². The molecule has 0 saturated carbocycles. The molecule has 0 aliphatic carbocycles. The molecule has 0 unspecified atom stereocenters. The van der Waals surface area contributed by atoms with Gasteiger partial charge in [-0.05, 0) is 111 Å². The van der Waals surface area contributed by atoms with Crippen molar-refractivity contribution in [2.45, 2.75) is 149 Å². The first-order chi connectivity index (χ1) is 60.3. The Bertz CT molecular complexity index is 5440. The maximum atomic E-state index is 14.4. The second-order valence-electron chi connectivity index (χ2n) is 29.2. The van der Waals surface area contributed by atoms with Crippen LogP contribution in [0, 0.1) is 0 Å². The number of ether oxygens (including phenoxy) is 7. The molecule has 7 N–H and O–H groups in total. The number of nitrogens with one attached hydrogen (secondary N) is 4. The van der Waals surface area contributed by atoms with Gasteiger partial charge < -0.3 is 79.5 Å². The van der Waals surface area contributed by atoms with Crippen molar-refractivity contribution in [3.8, 4) is 46.0 Å². The Labute approximate surface area is 734 Å². The number of hydrogen-bond donors (Lipinski definition) is 7. The van der Waals surface area contributed by atoms with Gasteiger partial charge in [-0.3, -0.25) is 91.3 Å². The summed E-state index contributed by atoms with van der Waals surface area (Å²) in [6, 6.07) is 29.2.